The van der Waals surface area contributed by atoms with E-state index in [4.69, 9.17) is 11.5 Å². The van der Waals surface area contributed by atoms with Crippen LogP contribution < -0.4 is 16.8 Å². The number of hydrogen-bond acceptors (Lipinski definition) is 1. The molecule has 0 atom stereocenters. The molecule has 0 unspecified atom stereocenters. The van der Waals surface area contributed by atoms with Crippen molar-refractivity contribution >= 4 is 17.6 Å². The van der Waals surface area contributed by atoms with E-state index in [2.05, 4.69) is 29.1 Å². The summed E-state index contributed by atoms with van der Waals surface area (Å²) in [6.45, 7) is 8.81. The lowest BCUT2D eigenvalue weighted by Crippen LogP contribution is -2.27. The number of nitrogens with zero attached hydrogens (tertiary/aromatic N) is 2. The van der Waals surface area contributed by atoms with Crippen LogP contribution in [-0.4, -0.2) is 18.5 Å². The Morgan fingerprint density at radius 3 is 2.32 bits per heavy atom. The second-order valence-corrected chi connectivity index (χ2v) is 4.98. The van der Waals surface area contributed by atoms with E-state index < -0.39 is 0 Å². The third kappa shape index (κ3) is 4.99. The first-order valence-corrected chi connectivity index (χ1v) is 6.37. The monoisotopic (exact) mass is 261 g/mol. The summed E-state index contributed by atoms with van der Waals surface area (Å²) in [7, 11) is 0. The molecule has 0 heterocycles. The maximum Gasteiger partial charge on any atom is 0.218 e. The molecule has 0 fully saturated rings. The van der Waals surface area contributed by atoms with Crippen LogP contribution in [0.3, 0.4) is 0 Å². The normalized spacial score (nSPS) is 12.9. The Kier molecular flexibility index (Phi) is 5.36. The molecule has 5 N–H and O–H groups in total. The summed E-state index contributed by atoms with van der Waals surface area (Å²) in [5.74, 6) is 0.897. The van der Waals surface area contributed by atoms with E-state index in [-0.39, 0.29) is 11.9 Å². The first kappa shape index (κ1) is 15.0. The van der Waals surface area contributed by atoms with Gasteiger partial charge in [0.15, 0.2) is 0 Å². The van der Waals surface area contributed by atoms with Crippen LogP contribution in [0.5, 0.6) is 0 Å². The highest BCUT2D eigenvalue weighted by Crippen LogP contribution is 2.18. The second kappa shape index (κ2) is 6.78. The minimum atomic E-state index is 0.199. The molecule has 0 bridgehead atoms. The molecule has 0 aliphatic carbocycles. The molecule has 0 amide bonds. The Morgan fingerprint density at radius 2 is 1.79 bits per heavy atom. The molecule has 5 nitrogen and oxygen atoms in total. The van der Waals surface area contributed by atoms with Gasteiger partial charge in [0.05, 0.1) is 0 Å². The highest BCUT2D eigenvalue weighted by atomic mass is 15.2. The molecule has 0 saturated carbocycles. The zero-order valence-electron chi connectivity index (χ0n) is 12.1. The van der Waals surface area contributed by atoms with Gasteiger partial charge in [-0.05, 0) is 30.9 Å². The number of para-hydroxylation sites is 1. The minimum absolute atomic E-state index is 0.199. The average molecular weight is 261 g/mol. The number of hydrogen-bond donors (Lipinski definition) is 3. The number of guanidine groups is 2. The zero-order chi connectivity index (χ0) is 14.4. The van der Waals surface area contributed by atoms with Gasteiger partial charge in [-0.3, -0.25) is 4.99 Å². The molecule has 1 aromatic carbocycles. The number of nitrogens with one attached hydrogen (secondary N) is 1. The molecular formula is C14H23N5. The van der Waals surface area contributed by atoms with Gasteiger partial charge in [-0.2, -0.15) is 4.99 Å². The first-order chi connectivity index (χ1) is 8.90. The van der Waals surface area contributed by atoms with E-state index in [0.717, 1.165) is 16.8 Å². The van der Waals surface area contributed by atoms with Crippen molar-refractivity contribution in [3.63, 3.8) is 0 Å². The third-order valence-electron chi connectivity index (χ3n) is 2.59. The van der Waals surface area contributed by atoms with Crippen LogP contribution >= 0.6 is 0 Å². The Balaban J connectivity index is 2.79. The molecule has 0 radical (unpaired) electrons. The van der Waals surface area contributed by atoms with E-state index in [1.807, 2.05) is 32.0 Å². The molecular weight excluding hydrogens is 238 g/mol. The molecule has 0 spiro atoms. The number of nitrogens with two attached hydrogens (primary N) is 2. The largest absolute Gasteiger partial charge is 0.369 e. The first-order valence-electron chi connectivity index (χ1n) is 6.37. The molecule has 0 aromatic heterocycles. The Hall–Kier alpha value is -2.04. The van der Waals surface area contributed by atoms with Crippen molar-refractivity contribution < 1.29 is 0 Å². The molecule has 19 heavy (non-hydrogen) atoms. The van der Waals surface area contributed by atoms with Gasteiger partial charge < -0.3 is 16.8 Å². The molecule has 1 aromatic rings. The number of aliphatic imine (C=N–C) groups is 2. The van der Waals surface area contributed by atoms with Gasteiger partial charge in [0.1, 0.15) is 0 Å². The molecule has 1 rings (SSSR count). The maximum absolute atomic E-state index is 5.83. The summed E-state index contributed by atoms with van der Waals surface area (Å²) >= 11 is 0. The number of benzene rings is 1. The van der Waals surface area contributed by atoms with Crippen molar-refractivity contribution in [3.05, 3.63) is 29.3 Å². The van der Waals surface area contributed by atoms with Gasteiger partial charge in [-0.15, -0.1) is 0 Å². The second-order valence-electron chi connectivity index (χ2n) is 4.98. The lowest BCUT2D eigenvalue weighted by molar-refractivity contribution is 0.664. The van der Waals surface area contributed by atoms with Gasteiger partial charge in [-0.25, -0.2) is 0 Å². The van der Waals surface area contributed by atoms with Gasteiger partial charge >= 0.3 is 0 Å². The summed E-state index contributed by atoms with van der Waals surface area (Å²) in [5.41, 5.74) is 14.7. The summed E-state index contributed by atoms with van der Waals surface area (Å²) in [4.78, 5) is 8.17. The third-order valence-corrected chi connectivity index (χ3v) is 2.59. The fraction of sp³-hybridized carbons (Fsp3) is 0.429. The highest BCUT2D eigenvalue weighted by molar-refractivity contribution is 6.01. The maximum atomic E-state index is 5.83. The van der Waals surface area contributed by atoms with Crippen LogP contribution in [0.4, 0.5) is 5.69 Å². The van der Waals surface area contributed by atoms with E-state index in [1.54, 1.807) is 0 Å². The molecule has 0 aliphatic rings. The number of aryl methyl sites for hydroxylation is 2. The summed E-state index contributed by atoms with van der Waals surface area (Å²) in [6.07, 6.45) is 0. The van der Waals surface area contributed by atoms with Gasteiger partial charge in [-0.1, -0.05) is 32.0 Å². The quantitative estimate of drug-likeness (QED) is 0.574. The van der Waals surface area contributed by atoms with Crippen LogP contribution in [0.25, 0.3) is 0 Å². The molecule has 0 aliphatic heterocycles. The number of anilines is 1. The van der Waals surface area contributed by atoms with Crippen LogP contribution in [-0.2, 0) is 0 Å². The van der Waals surface area contributed by atoms with Crippen molar-refractivity contribution in [1.29, 1.82) is 0 Å². The molecule has 0 saturated heterocycles. The lowest BCUT2D eigenvalue weighted by Gasteiger charge is -2.11. The number of rotatable bonds is 3. The smallest absolute Gasteiger partial charge is 0.218 e. The highest BCUT2D eigenvalue weighted by Gasteiger charge is 2.03. The Bertz CT molecular complexity index is 468. The molecule has 104 valence electrons. The van der Waals surface area contributed by atoms with Crippen molar-refractivity contribution in [2.75, 3.05) is 11.9 Å². The zero-order valence-corrected chi connectivity index (χ0v) is 12.1. The van der Waals surface area contributed by atoms with Crippen LogP contribution in [0.15, 0.2) is 28.2 Å². The fourth-order valence-electron chi connectivity index (χ4n) is 1.60. The van der Waals surface area contributed by atoms with Crippen LogP contribution in [0, 0.1) is 19.8 Å². The van der Waals surface area contributed by atoms with E-state index in [1.165, 1.54) is 0 Å². The van der Waals surface area contributed by atoms with E-state index in [9.17, 15) is 0 Å². The lowest BCUT2D eigenvalue weighted by atomic mass is 10.1. The van der Waals surface area contributed by atoms with Gasteiger partial charge in [0, 0.05) is 12.2 Å². The molecule has 5 heteroatoms. The Labute approximate surface area is 114 Å². The predicted molar refractivity (Wildman–Crippen MR) is 82.5 cm³/mol. The van der Waals surface area contributed by atoms with E-state index >= 15 is 0 Å². The van der Waals surface area contributed by atoms with Crippen molar-refractivity contribution in [1.82, 2.24) is 0 Å². The van der Waals surface area contributed by atoms with E-state index in [0.29, 0.717) is 12.5 Å². The fourth-order valence-corrected chi connectivity index (χ4v) is 1.60. The Morgan fingerprint density at radius 1 is 1.21 bits per heavy atom. The van der Waals surface area contributed by atoms with Gasteiger partial charge in [0.2, 0.25) is 11.9 Å². The average Bonchev–Trinajstić information content (AvgIpc) is 2.31. The SMILES string of the molecule is Cc1cccc(C)c1N/C(N)=N/C(N)=NCC(C)C. The predicted octanol–water partition coefficient (Wildman–Crippen LogP) is 2.00. The topological polar surface area (TPSA) is 88.8 Å². The van der Waals surface area contributed by atoms with Crippen molar-refractivity contribution in [3.8, 4) is 0 Å². The summed E-state index contributed by atoms with van der Waals surface area (Å²) in [5, 5.41) is 3.06. The van der Waals surface area contributed by atoms with Crippen molar-refractivity contribution in [2.45, 2.75) is 27.7 Å². The summed E-state index contributed by atoms with van der Waals surface area (Å²) in [6, 6.07) is 6.03. The van der Waals surface area contributed by atoms with Crippen LogP contribution in [0.1, 0.15) is 25.0 Å². The minimum Gasteiger partial charge on any atom is -0.369 e. The standard InChI is InChI=1S/C14H23N5/c1-9(2)8-17-13(15)19-14(16)18-12-10(3)6-5-7-11(12)4/h5-7,9H,8H2,1-4H3,(H5,15,16,17,18,19). The van der Waals surface area contributed by atoms with Gasteiger partial charge in [0.25, 0.3) is 0 Å². The van der Waals surface area contributed by atoms with Crippen molar-refractivity contribution in [2.24, 2.45) is 27.4 Å². The van der Waals surface area contributed by atoms with Crippen LogP contribution in [0.2, 0.25) is 0 Å². The summed E-state index contributed by atoms with van der Waals surface area (Å²) < 4.78 is 0.